The zero-order valence-electron chi connectivity index (χ0n) is 23.5. The van der Waals surface area contributed by atoms with Crippen LogP contribution in [-0.2, 0) is 46.3 Å². The molecule has 0 saturated carbocycles. The average molecular weight is 633 g/mol. The molecule has 18 heteroatoms. The van der Waals surface area contributed by atoms with E-state index in [0.717, 1.165) is 16.8 Å². The minimum atomic E-state index is -2.89. The quantitative estimate of drug-likeness (QED) is 0.188. The molecule has 1 aromatic rings. The van der Waals surface area contributed by atoms with Gasteiger partial charge in [0.25, 0.3) is 5.91 Å². The van der Waals surface area contributed by atoms with Gasteiger partial charge >= 0.3 is 23.3 Å². The number of ether oxygens (including phenoxy) is 2. The number of carbonyl (C=O) groups excluding carboxylic acids is 2. The summed E-state index contributed by atoms with van der Waals surface area (Å²) in [5.74, 6) is -0.736. The first kappa shape index (κ1) is 45.1. The molecule has 0 spiro atoms. The third kappa shape index (κ3) is 24.6. The van der Waals surface area contributed by atoms with Crippen molar-refractivity contribution in [1.29, 1.82) is 0 Å². The van der Waals surface area contributed by atoms with Crippen LogP contribution in [0.2, 0.25) is 0 Å². The number of hydrogen-bond donors (Lipinski definition) is 0. The molecule has 4 atom stereocenters. The summed E-state index contributed by atoms with van der Waals surface area (Å²) in [6.07, 6.45) is 0. The van der Waals surface area contributed by atoms with Gasteiger partial charge in [-0.05, 0) is 52.7 Å². The van der Waals surface area contributed by atoms with Gasteiger partial charge in [0.15, 0.2) is 0 Å². The third-order valence-corrected chi connectivity index (χ3v) is 5.51. The number of aryl methyl sites for hydroxylation is 2. The van der Waals surface area contributed by atoms with E-state index in [1.807, 2.05) is 32.0 Å². The van der Waals surface area contributed by atoms with E-state index in [1.54, 1.807) is 27.7 Å². The third-order valence-electron chi connectivity index (χ3n) is 3.93. The molecule has 14 nitrogen and oxygen atoms in total. The van der Waals surface area contributed by atoms with Crippen LogP contribution in [0.4, 0.5) is 5.69 Å². The van der Waals surface area contributed by atoms with Gasteiger partial charge in [-0.2, -0.15) is 0 Å². The Morgan fingerprint density at radius 1 is 0.846 bits per heavy atom. The van der Waals surface area contributed by atoms with Crippen molar-refractivity contribution >= 4 is 59.7 Å². The molecular weight excluding hydrogens is 594 g/mol. The molecule has 1 rings (SSSR count). The number of nitrogens with zero attached hydrogens (tertiary/aromatic N) is 1. The summed E-state index contributed by atoms with van der Waals surface area (Å²) in [5, 5.41) is 0. The second-order valence-corrected chi connectivity index (χ2v) is 9.05. The molecule has 39 heavy (non-hydrogen) atoms. The number of amides is 1. The van der Waals surface area contributed by atoms with E-state index < -0.39 is 36.8 Å². The Bertz CT molecular complexity index is 819. The number of benzene rings is 1. The molecule has 0 aliphatic heterocycles. The number of methoxy groups -OCH3 is 2. The Morgan fingerprint density at radius 3 is 1.44 bits per heavy atom. The second-order valence-electron chi connectivity index (χ2n) is 6.69. The van der Waals surface area contributed by atoms with E-state index in [1.165, 1.54) is 19.1 Å². The standard InChI is InChI=1S/C15H21NO4.3C2H7O3P.Al/c1-10-7-6-8-11(2)14(10)16(13(17)9-19-4)12(3)15(18)20-5;3*1-2-5-6(3)4;/h6-8,12H,9H2,1-5H3;3*6H,2H2,1H3,(H,3,4);/q;;;;+3/p-3. The summed E-state index contributed by atoms with van der Waals surface area (Å²) >= 11 is 0. The molecule has 224 valence electrons. The van der Waals surface area contributed by atoms with E-state index in [0.29, 0.717) is 0 Å². The van der Waals surface area contributed by atoms with Crippen molar-refractivity contribution in [3.05, 3.63) is 29.3 Å². The molecule has 0 aliphatic rings. The van der Waals surface area contributed by atoms with Crippen LogP contribution in [0.5, 0.6) is 0 Å². The van der Waals surface area contributed by atoms with Crippen molar-refractivity contribution in [2.24, 2.45) is 0 Å². The van der Waals surface area contributed by atoms with E-state index in [-0.39, 0.29) is 49.7 Å². The molecule has 0 heterocycles. The Morgan fingerprint density at radius 2 is 1.21 bits per heavy atom. The molecule has 1 amide bonds. The Kier molecular flexibility index (Phi) is 33.1. The number of anilines is 1. The van der Waals surface area contributed by atoms with Gasteiger partial charge in [-0.15, -0.1) is 0 Å². The van der Waals surface area contributed by atoms with Gasteiger partial charge in [0.2, 0.25) is 0 Å². The SMILES string of the molecule is CCO[PH](=O)[O-].CCO[PH](=O)[O-].CCO[PH](=O)[O-].COCC(=O)N(c1c(C)cccc1C)C(C)C(=O)OC.[Al+3]. The van der Waals surface area contributed by atoms with E-state index in [4.69, 9.17) is 9.47 Å². The van der Waals surface area contributed by atoms with E-state index >= 15 is 0 Å². The monoisotopic (exact) mass is 633 g/mol. The zero-order valence-corrected chi connectivity index (χ0v) is 27.6. The average Bonchev–Trinajstić information content (AvgIpc) is 2.81. The van der Waals surface area contributed by atoms with Crippen LogP contribution in [0, 0.1) is 13.8 Å². The largest absolute Gasteiger partial charge is 3.00 e. The summed E-state index contributed by atoms with van der Waals surface area (Å²) in [4.78, 5) is 53.9. The van der Waals surface area contributed by atoms with Crippen molar-refractivity contribution in [2.75, 3.05) is 45.5 Å². The Hall–Kier alpha value is -0.898. The first-order chi connectivity index (χ1) is 17.7. The summed E-state index contributed by atoms with van der Waals surface area (Å²) < 4.78 is 50.1. The fourth-order valence-electron chi connectivity index (χ4n) is 2.54. The predicted molar refractivity (Wildman–Crippen MR) is 144 cm³/mol. The van der Waals surface area contributed by atoms with Crippen molar-refractivity contribution in [2.45, 2.75) is 47.6 Å². The van der Waals surface area contributed by atoms with Crippen molar-refractivity contribution < 1.29 is 61.0 Å². The first-order valence-corrected chi connectivity index (χ1v) is 14.9. The molecule has 0 saturated heterocycles. The molecule has 0 fully saturated rings. The van der Waals surface area contributed by atoms with Crippen LogP contribution < -0.4 is 19.6 Å². The van der Waals surface area contributed by atoms with Gasteiger partial charge < -0.3 is 51.4 Å². The molecule has 0 bridgehead atoms. The first-order valence-electron chi connectivity index (χ1n) is 11.2. The van der Waals surface area contributed by atoms with Crippen LogP contribution in [-0.4, -0.2) is 75.9 Å². The number of rotatable bonds is 11. The maximum absolute atomic E-state index is 12.3. The number of esters is 1. The van der Waals surface area contributed by atoms with Crippen molar-refractivity contribution in [3.63, 3.8) is 0 Å². The van der Waals surface area contributed by atoms with E-state index in [9.17, 15) is 38.0 Å². The van der Waals surface area contributed by atoms with Crippen LogP contribution in [0.15, 0.2) is 18.2 Å². The summed E-state index contributed by atoms with van der Waals surface area (Å²) in [6.45, 7) is 11.0. The van der Waals surface area contributed by atoms with Crippen LogP contribution in [0.3, 0.4) is 0 Å². The van der Waals surface area contributed by atoms with Crippen molar-refractivity contribution in [3.8, 4) is 0 Å². The van der Waals surface area contributed by atoms with Crippen LogP contribution >= 0.6 is 24.8 Å². The van der Waals surface area contributed by atoms with Gasteiger partial charge in [0.1, 0.15) is 37.4 Å². The van der Waals surface area contributed by atoms with Gasteiger partial charge in [-0.25, -0.2) is 4.79 Å². The summed E-state index contributed by atoms with van der Waals surface area (Å²) in [5.41, 5.74) is 2.57. The molecule has 0 radical (unpaired) electrons. The molecule has 1 aromatic carbocycles. The Labute approximate surface area is 242 Å². The number of hydrogen-bond acceptors (Lipinski definition) is 13. The number of para-hydroxylation sites is 1. The topological polar surface area (TPSA) is 204 Å². The Balaban J connectivity index is -0.000000264. The smallest absolute Gasteiger partial charge is 0.781 e. The fraction of sp³-hybridized carbons (Fsp3) is 0.619. The van der Waals surface area contributed by atoms with Crippen LogP contribution in [0.25, 0.3) is 0 Å². The minimum absolute atomic E-state index is 0. The zero-order chi connectivity index (χ0) is 30.3. The molecule has 4 unspecified atom stereocenters. The molecule has 0 aliphatic carbocycles. The molecule has 0 aromatic heterocycles. The predicted octanol–water partition coefficient (Wildman–Crippen LogP) is 0.782. The maximum atomic E-state index is 12.3. The molecule has 0 N–H and O–H groups in total. The molecular formula is C21H39AlNO13P3. The summed E-state index contributed by atoms with van der Waals surface area (Å²) in [6, 6.07) is 5.01. The maximum Gasteiger partial charge on any atom is 3.00 e. The van der Waals surface area contributed by atoms with Gasteiger partial charge in [0, 0.05) is 26.9 Å². The van der Waals surface area contributed by atoms with Gasteiger partial charge in [-0.1, -0.05) is 18.2 Å². The van der Waals surface area contributed by atoms with Gasteiger partial charge in [0.05, 0.1) is 12.8 Å². The summed E-state index contributed by atoms with van der Waals surface area (Å²) in [7, 11) is -5.90. The fourth-order valence-corrected chi connectivity index (χ4v) is 3.25. The van der Waals surface area contributed by atoms with Crippen LogP contribution in [0.1, 0.15) is 38.8 Å². The van der Waals surface area contributed by atoms with Crippen molar-refractivity contribution in [1.82, 2.24) is 0 Å². The van der Waals surface area contributed by atoms with Gasteiger partial charge in [-0.3, -0.25) is 9.69 Å². The van der Waals surface area contributed by atoms with E-state index in [2.05, 4.69) is 13.6 Å². The number of carbonyl (C=O) groups is 2. The minimum Gasteiger partial charge on any atom is -0.781 e. The normalized spacial score (nSPS) is 12.7. The second kappa shape index (κ2) is 28.6.